The molecule has 41 heavy (non-hydrogen) atoms. The monoisotopic (exact) mass is 584 g/mol. The van der Waals surface area contributed by atoms with Crippen molar-refractivity contribution in [2.24, 2.45) is 5.11 Å². The van der Waals surface area contributed by atoms with Gasteiger partial charge in [0.2, 0.25) is 5.91 Å². The highest BCUT2D eigenvalue weighted by atomic mass is 35.5. The number of carboxylic acid groups (broad SMARTS) is 1. The average molecular weight is 585 g/mol. The van der Waals surface area contributed by atoms with E-state index < -0.39 is 47.4 Å². The van der Waals surface area contributed by atoms with Gasteiger partial charge >= 0.3 is 6.09 Å². The molecular formula is C28H27ClF2N6O4. The highest BCUT2D eigenvalue weighted by molar-refractivity contribution is 6.30. The van der Waals surface area contributed by atoms with Gasteiger partial charge in [-0.05, 0) is 67.6 Å². The molecule has 1 aliphatic heterocycles. The van der Waals surface area contributed by atoms with Crippen molar-refractivity contribution in [2.75, 3.05) is 11.9 Å². The maximum absolute atomic E-state index is 15.0. The van der Waals surface area contributed by atoms with Crippen LogP contribution in [0.25, 0.3) is 10.4 Å². The quantitative estimate of drug-likeness (QED) is 0.167. The van der Waals surface area contributed by atoms with E-state index in [-0.39, 0.29) is 30.7 Å². The second-order valence-electron chi connectivity index (χ2n) is 9.97. The van der Waals surface area contributed by atoms with Gasteiger partial charge in [0.1, 0.15) is 23.4 Å². The van der Waals surface area contributed by atoms with E-state index in [0.29, 0.717) is 16.1 Å². The minimum absolute atomic E-state index is 0.0299. The third kappa shape index (κ3) is 6.74. The normalized spacial score (nSPS) is 17.4. The molecule has 214 valence electrons. The van der Waals surface area contributed by atoms with Crippen molar-refractivity contribution in [1.82, 2.24) is 9.88 Å². The number of halogens is 3. The number of rotatable bonds is 9. The van der Waals surface area contributed by atoms with Crippen LogP contribution in [0.2, 0.25) is 5.02 Å². The second-order valence-corrected chi connectivity index (χ2v) is 10.4. The fourth-order valence-electron chi connectivity index (χ4n) is 5.08. The Morgan fingerprint density at radius 1 is 1.24 bits per heavy atom. The maximum Gasteiger partial charge on any atom is 0.409 e. The molecule has 0 radical (unpaired) electrons. The van der Waals surface area contributed by atoms with E-state index in [2.05, 4.69) is 20.3 Å². The summed E-state index contributed by atoms with van der Waals surface area (Å²) in [5, 5.41) is 16.5. The number of hydrogen-bond acceptors (Lipinski definition) is 5. The lowest BCUT2D eigenvalue weighted by atomic mass is 9.84. The molecule has 0 bridgehead atoms. The van der Waals surface area contributed by atoms with Gasteiger partial charge in [-0.15, -0.1) is 0 Å². The lowest BCUT2D eigenvalue weighted by Gasteiger charge is -2.31. The second kappa shape index (κ2) is 12.5. The Morgan fingerprint density at radius 3 is 2.63 bits per heavy atom. The van der Waals surface area contributed by atoms with Crippen LogP contribution in [0.4, 0.5) is 19.3 Å². The molecule has 2 heterocycles. The van der Waals surface area contributed by atoms with Gasteiger partial charge in [0.15, 0.2) is 0 Å². The largest absolute Gasteiger partial charge is 0.465 e. The van der Waals surface area contributed by atoms with Crippen molar-refractivity contribution in [1.29, 1.82) is 0 Å². The summed E-state index contributed by atoms with van der Waals surface area (Å²) in [5.41, 5.74) is 9.34. The molecule has 0 spiro atoms. The summed E-state index contributed by atoms with van der Waals surface area (Å²) in [6.07, 6.45) is 1.34. The van der Waals surface area contributed by atoms with Crippen LogP contribution in [0.5, 0.6) is 0 Å². The van der Waals surface area contributed by atoms with Gasteiger partial charge in [0, 0.05) is 21.4 Å². The maximum atomic E-state index is 15.0. The van der Waals surface area contributed by atoms with Crippen LogP contribution >= 0.6 is 11.6 Å². The van der Waals surface area contributed by atoms with E-state index in [1.54, 1.807) is 44.2 Å². The van der Waals surface area contributed by atoms with E-state index >= 15 is 0 Å². The van der Waals surface area contributed by atoms with Crippen LogP contribution in [0, 0.1) is 11.6 Å². The number of benzene rings is 2. The smallest absolute Gasteiger partial charge is 0.409 e. The summed E-state index contributed by atoms with van der Waals surface area (Å²) in [7, 11) is 0. The molecule has 4 rings (SSSR count). The summed E-state index contributed by atoms with van der Waals surface area (Å²) in [6, 6.07) is 10.1. The fraction of sp³-hybridized carbons (Fsp3) is 0.321. The minimum Gasteiger partial charge on any atom is -0.465 e. The summed E-state index contributed by atoms with van der Waals surface area (Å²) >= 11 is 6.04. The number of anilines is 1. The predicted octanol–water partition coefficient (Wildman–Crippen LogP) is 6.51. The Labute approximate surface area is 239 Å². The van der Waals surface area contributed by atoms with Gasteiger partial charge in [0.05, 0.1) is 30.7 Å². The summed E-state index contributed by atoms with van der Waals surface area (Å²) in [5.74, 6) is -2.95. The Bertz CT molecular complexity index is 1480. The summed E-state index contributed by atoms with van der Waals surface area (Å²) in [4.78, 5) is 33.3. The van der Waals surface area contributed by atoms with E-state index in [4.69, 9.17) is 16.3 Å². The summed E-state index contributed by atoms with van der Waals surface area (Å²) in [6.45, 7) is 3.39. The number of amides is 2. The van der Waals surface area contributed by atoms with Gasteiger partial charge < -0.3 is 15.2 Å². The molecule has 1 fully saturated rings. The molecule has 2 aromatic carbocycles. The number of carbonyl (C=O) groups is 2. The Hall–Kier alpha value is -4.25. The molecule has 1 saturated heterocycles. The number of nitrogens with zero attached hydrogens (tertiary/aromatic N) is 5. The third-order valence-electron chi connectivity index (χ3n) is 6.97. The van der Waals surface area contributed by atoms with Crippen molar-refractivity contribution < 1.29 is 28.2 Å². The van der Waals surface area contributed by atoms with Crippen LogP contribution in [0.15, 0.2) is 66.0 Å². The Balaban J connectivity index is 1.64. The first-order valence-electron chi connectivity index (χ1n) is 12.7. The van der Waals surface area contributed by atoms with E-state index in [1.165, 1.54) is 29.3 Å². The Morgan fingerprint density at radius 2 is 1.98 bits per heavy atom. The molecular weight excluding hydrogens is 558 g/mol. The first kappa shape index (κ1) is 29.7. The molecule has 0 saturated carbocycles. The first-order chi connectivity index (χ1) is 19.5. The average Bonchev–Trinajstić information content (AvgIpc) is 3.23. The van der Waals surface area contributed by atoms with Crippen molar-refractivity contribution in [3.8, 4) is 0 Å². The van der Waals surface area contributed by atoms with Gasteiger partial charge in [0.25, 0.3) is 0 Å². The van der Waals surface area contributed by atoms with E-state index in [9.17, 15) is 29.0 Å². The third-order valence-corrected chi connectivity index (χ3v) is 7.22. The highest BCUT2D eigenvalue weighted by Crippen LogP contribution is 2.34. The van der Waals surface area contributed by atoms with Crippen LogP contribution in [0.3, 0.4) is 0 Å². The number of carbonyl (C=O) groups excluding carboxylic acids is 1. The molecule has 2 amide bonds. The van der Waals surface area contributed by atoms with E-state index in [0.717, 1.165) is 6.20 Å². The van der Waals surface area contributed by atoms with Crippen LogP contribution in [0.1, 0.15) is 42.9 Å². The molecule has 3 atom stereocenters. The van der Waals surface area contributed by atoms with Gasteiger partial charge in [-0.25, -0.2) is 13.6 Å². The molecule has 0 aliphatic carbocycles. The molecule has 10 nitrogen and oxygen atoms in total. The lowest BCUT2D eigenvalue weighted by molar-refractivity contribution is -0.117. The van der Waals surface area contributed by atoms with Crippen molar-refractivity contribution in [3.05, 3.63) is 105 Å². The van der Waals surface area contributed by atoms with Gasteiger partial charge in [-0.3, -0.25) is 14.7 Å². The fourth-order valence-corrected chi connectivity index (χ4v) is 5.20. The number of pyridine rings is 1. The lowest BCUT2D eigenvalue weighted by Crippen LogP contribution is -2.47. The van der Waals surface area contributed by atoms with Crippen molar-refractivity contribution in [3.63, 3.8) is 0 Å². The minimum atomic E-state index is -1.41. The SMILES string of the molecule is CC1(C)OCC(CCc2c(F)cncc2NC(=O)[C@@H](N=[N+]=[N-])[C@@H](c2ccc(Cl)cc2)c2cccc(F)c2)N1C(=O)O. The number of ether oxygens (including phenoxy) is 1. The van der Waals surface area contributed by atoms with Gasteiger partial charge in [-0.2, -0.15) is 0 Å². The zero-order chi connectivity index (χ0) is 29.7. The zero-order valence-corrected chi connectivity index (χ0v) is 22.9. The Kier molecular flexibility index (Phi) is 9.07. The first-order valence-corrected chi connectivity index (χ1v) is 13.0. The highest BCUT2D eigenvalue weighted by Gasteiger charge is 2.43. The van der Waals surface area contributed by atoms with Gasteiger partial charge in [-0.1, -0.05) is 41.0 Å². The van der Waals surface area contributed by atoms with Crippen molar-refractivity contribution >= 4 is 29.3 Å². The molecule has 1 aromatic heterocycles. The molecule has 13 heteroatoms. The standard InChI is InChI=1S/C28H27ClF2N6O4/c1-28(2)37(27(39)40)20(15-41-28)10-11-21-22(31)13-33-14-23(21)34-26(38)25(35-36-32)24(16-6-8-18(29)9-7-16)17-4-3-5-19(30)12-17/h3-9,12-14,20,24-25H,10-11,15H2,1-2H3,(H,34,38)(H,39,40)/t20?,24-,25-/m0/s1. The molecule has 1 unspecified atom stereocenters. The summed E-state index contributed by atoms with van der Waals surface area (Å²) < 4.78 is 34.8. The number of aromatic nitrogens is 1. The van der Waals surface area contributed by atoms with E-state index in [1.807, 2.05) is 0 Å². The number of nitrogens with one attached hydrogen (secondary N) is 1. The number of hydrogen-bond donors (Lipinski definition) is 2. The molecule has 1 aliphatic rings. The zero-order valence-electron chi connectivity index (χ0n) is 22.2. The van der Waals surface area contributed by atoms with Crippen LogP contribution in [-0.4, -0.2) is 51.4 Å². The topological polar surface area (TPSA) is 141 Å². The van der Waals surface area contributed by atoms with Crippen molar-refractivity contribution in [2.45, 2.75) is 50.4 Å². The number of azide groups is 1. The predicted molar refractivity (Wildman–Crippen MR) is 147 cm³/mol. The molecule has 2 N–H and O–H groups in total. The molecule has 3 aromatic rings. The van der Waals surface area contributed by atoms with Crippen LogP contribution in [-0.2, 0) is 16.0 Å². The van der Waals surface area contributed by atoms with Crippen LogP contribution < -0.4 is 5.32 Å².